The van der Waals surface area contributed by atoms with E-state index in [1.165, 1.54) is 12.8 Å². The summed E-state index contributed by atoms with van der Waals surface area (Å²) in [7, 11) is 0. The van der Waals surface area contributed by atoms with Crippen LogP contribution in [0, 0.1) is 5.92 Å². The minimum atomic E-state index is 0.262. The maximum atomic E-state index is 12.1. The van der Waals surface area contributed by atoms with E-state index >= 15 is 0 Å². The molecule has 0 spiro atoms. The Morgan fingerprint density at radius 3 is 2.81 bits per heavy atom. The van der Waals surface area contributed by atoms with Crippen LogP contribution >= 0.6 is 0 Å². The number of carbonyl (C=O) groups is 1. The first-order valence-electron chi connectivity index (χ1n) is 6.52. The Morgan fingerprint density at radius 1 is 1.44 bits per heavy atom. The molecule has 92 valence electrons. The van der Waals surface area contributed by atoms with Gasteiger partial charge in [0.05, 0.1) is 6.04 Å². The van der Waals surface area contributed by atoms with Gasteiger partial charge in [-0.05, 0) is 5.92 Å². The molecule has 0 aliphatic carbocycles. The second kappa shape index (κ2) is 5.04. The number of amides is 2. The van der Waals surface area contributed by atoms with Crippen LogP contribution < -0.4 is 5.32 Å². The zero-order valence-electron chi connectivity index (χ0n) is 10.4. The van der Waals surface area contributed by atoms with Crippen molar-refractivity contribution in [3.05, 3.63) is 0 Å². The number of urea groups is 1. The fourth-order valence-corrected chi connectivity index (χ4v) is 2.70. The number of carbonyl (C=O) groups excluding carboxylic acids is 1. The van der Waals surface area contributed by atoms with E-state index in [4.69, 9.17) is 0 Å². The van der Waals surface area contributed by atoms with Gasteiger partial charge in [0.25, 0.3) is 0 Å². The Bertz CT molecular complexity index is 253. The lowest BCUT2D eigenvalue weighted by atomic mass is 10.0. The molecule has 2 rings (SSSR count). The van der Waals surface area contributed by atoms with E-state index in [9.17, 15) is 4.79 Å². The highest BCUT2D eigenvalue weighted by molar-refractivity contribution is 5.77. The zero-order chi connectivity index (χ0) is 11.5. The van der Waals surface area contributed by atoms with Crippen LogP contribution in [0.5, 0.6) is 0 Å². The molecule has 2 amide bonds. The molecule has 1 atom stereocenters. The normalized spacial score (nSPS) is 25.4. The number of nitrogens with zero attached hydrogens (tertiary/aromatic N) is 2. The van der Waals surface area contributed by atoms with Gasteiger partial charge in [-0.15, -0.1) is 0 Å². The van der Waals surface area contributed by atoms with Crippen LogP contribution in [-0.4, -0.2) is 54.6 Å². The molecular weight excluding hydrogens is 202 g/mol. The van der Waals surface area contributed by atoms with Crippen molar-refractivity contribution in [1.82, 2.24) is 15.1 Å². The molecule has 2 saturated heterocycles. The SMILES string of the molecule is CCC(CC)CN1CC2CNCCN2C1=O. The van der Waals surface area contributed by atoms with E-state index in [-0.39, 0.29) is 6.03 Å². The van der Waals surface area contributed by atoms with Crippen LogP contribution in [-0.2, 0) is 0 Å². The Balaban J connectivity index is 1.94. The third-order valence-electron chi connectivity index (χ3n) is 3.93. The predicted octanol–water partition coefficient (Wildman–Crippen LogP) is 1.13. The van der Waals surface area contributed by atoms with Gasteiger partial charge in [0.1, 0.15) is 0 Å². The van der Waals surface area contributed by atoms with Crippen molar-refractivity contribution in [3.63, 3.8) is 0 Å². The fraction of sp³-hybridized carbons (Fsp3) is 0.917. The Kier molecular flexibility index (Phi) is 3.69. The molecule has 16 heavy (non-hydrogen) atoms. The number of hydrogen-bond donors (Lipinski definition) is 1. The number of fused-ring (bicyclic) bond motifs is 1. The standard InChI is InChI=1S/C12H23N3O/c1-3-10(4-2)8-14-9-11-7-13-5-6-15(11)12(14)16/h10-11,13H,3-9H2,1-2H3. The topological polar surface area (TPSA) is 35.6 Å². The lowest BCUT2D eigenvalue weighted by Crippen LogP contribution is -2.49. The first kappa shape index (κ1) is 11.7. The molecule has 0 aromatic carbocycles. The third-order valence-corrected chi connectivity index (χ3v) is 3.93. The van der Waals surface area contributed by atoms with Crippen molar-refractivity contribution in [2.24, 2.45) is 5.92 Å². The average Bonchev–Trinajstić information content (AvgIpc) is 2.64. The molecule has 4 nitrogen and oxygen atoms in total. The van der Waals surface area contributed by atoms with E-state index in [0.717, 1.165) is 32.7 Å². The summed E-state index contributed by atoms with van der Waals surface area (Å²) < 4.78 is 0. The third kappa shape index (κ3) is 2.17. The zero-order valence-corrected chi connectivity index (χ0v) is 10.4. The molecule has 2 fully saturated rings. The molecular formula is C12H23N3O. The van der Waals surface area contributed by atoms with Gasteiger partial charge in [0, 0.05) is 32.7 Å². The van der Waals surface area contributed by atoms with E-state index in [0.29, 0.717) is 12.0 Å². The number of rotatable bonds is 4. The average molecular weight is 225 g/mol. The minimum Gasteiger partial charge on any atom is -0.322 e. The lowest BCUT2D eigenvalue weighted by Gasteiger charge is -2.28. The molecule has 0 aromatic heterocycles. The van der Waals surface area contributed by atoms with E-state index in [1.807, 2.05) is 4.90 Å². The van der Waals surface area contributed by atoms with Gasteiger partial charge in [0.15, 0.2) is 0 Å². The number of piperazine rings is 1. The van der Waals surface area contributed by atoms with Crippen LogP contribution in [0.1, 0.15) is 26.7 Å². The molecule has 0 bridgehead atoms. The van der Waals surface area contributed by atoms with Crippen molar-refractivity contribution >= 4 is 6.03 Å². The second-order valence-corrected chi connectivity index (χ2v) is 4.92. The van der Waals surface area contributed by atoms with E-state index in [1.54, 1.807) is 0 Å². The number of nitrogens with one attached hydrogen (secondary N) is 1. The summed E-state index contributed by atoms with van der Waals surface area (Å²) in [5.74, 6) is 0.665. The van der Waals surface area contributed by atoms with Gasteiger partial charge in [-0.3, -0.25) is 0 Å². The molecule has 2 aliphatic rings. The van der Waals surface area contributed by atoms with Gasteiger partial charge in [-0.1, -0.05) is 26.7 Å². The maximum absolute atomic E-state index is 12.1. The Labute approximate surface area is 98.0 Å². The molecule has 2 aliphatic heterocycles. The first-order chi connectivity index (χ1) is 7.76. The van der Waals surface area contributed by atoms with Crippen LogP contribution in [0.2, 0.25) is 0 Å². The monoisotopic (exact) mass is 225 g/mol. The minimum absolute atomic E-state index is 0.262. The van der Waals surface area contributed by atoms with Crippen molar-refractivity contribution in [2.45, 2.75) is 32.7 Å². The fourth-order valence-electron chi connectivity index (χ4n) is 2.70. The predicted molar refractivity (Wildman–Crippen MR) is 64.4 cm³/mol. The van der Waals surface area contributed by atoms with Crippen molar-refractivity contribution in [2.75, 3.05) is 32.7 Å². The van der Waals surface area contributed by atoms with Gasteiger partial charge < -0.3 is 15.1 Å². The Morgan fingerprint density at radius 2 is 2.19 bits per heavy atom. The second-order valence-electron chi connectivity index (χ2n) is 4.92. The Hall–Kier alpha value is -0.770. The highest BCUT2D eigenvalue weighted by Gasteiger charge is 2.38. The van der Waals surface area contributed by atoms with Gasteiger partial charge in [0.2, 0.25) is 0 Å². The molecule has 0 aromatic rings. The van der Waals surface area contributed by atoms with Crippen molar-refractivity contribution in [1.29, 1.82) is 0 Å². The summed E-state index contributed by atoms with van der Waals surface area (Å²) in [6.45, 7) is 9.07. The summed E-state index contributed by atoms with van der Waals surface area (Å²) in [4.78, 5) is 16.2. The van der Waals surface area contributed by atoms with Gasteiger partial charge in [-0.2, -0.15) is 0 Å². The number of hydrogen-bond acceptors (Lipinski definition) is 2. The van der Waals surface area contributed by atoms with Crippen molar-refractivity contribution < 1.29 is 4.79 Å². The molecule has 0 radical (unpaired) electrons. The molecule has 4 heteroatoms. The largest absolute Gasteiger partial charge is 0.322 e. The molecule has 0 saturated carbocycles. The molecule has 2 heterocycles. The highest BCUT2D eigenvalue weighted by Crippen LogP contribution is 2.20. The summed E-state index contributed by atoms with van der Waals surface area (Å²) in [6.07, 6.45) is 2.34. The van der Waals surface area contributed by atoms with Crippen LogP contribution in [0.3, 0.4) is 0 Å². The van der Waals surface area contributed by atoms with E-state index < -0.39 is 0 Å². The van der Waals surface area contributed by atoms with Crippen LogP contribution in [0.15, 0.2) is 0 Å². The summed E-state index contributed by atoms with van der Waals surface area (Å²) in [6, 6.07) is 0.675. The van der Waals surface area contributed by atoms with Crippen LogP contribution in [0.25, 0.3) is 0 Å². The van der Waals surface area contributed by atoms with E-state index in [2.05, 4.69) is 24.1 Å². The van der Waals surface area contributed by atoms with Crippen molar-refractivity contribution in [3.8, 4) is 0 Å². The summed E-state index contributed by atoms with van der Waals surface area (Å²) in [5, 5.41) is 3.36. The molecule has 1 unspecified atom stereocenters. The summed E-state index contributed by atoms with van der Waals surface area (Å²) >= 11 is 0. The highest BCUT2D eigenvalue weighted by atomic mass is 16.2. The smallest absolute Gasteiger partial charge is 0.320 e. The molecule has 1 N–H and O–H groups in total. The van der Waals surface area contributed by atoms with Gasteiger partial charge in [-0.25, -0.2) is 4.79 Å². The quantitative estimate of drug-likeness (QED) is 0.778. The lowest BCUT2D eigenvalue weighted by molar-refractivity contribution is 0.175. The first-order valence-corrected chi connectivity index (χ1v) is 6.52. The van der Waals surface area contributed by atoms with Gasteiger partial charge >= 0.3 is 6.03 Å². The summed E-state index contributed by atoms with van der Waals surface area (Å²) in [5.41, 5.74) is 0. The maximum Gasteiger partial charge on any atom is 0.320 e. The van der Waals surface area contributed by atoms with Crippen LogP contribution in [0.4, 0.5) is 4.79 Å².